The first-order chi connectivity index (χ1) is 8.97. The van der Waals surface area contributed by atoms with Crippen LogP contribution in [0.2, 0.25) is 10.2 Å². The Kier molecular flexibility index (Phi) is 4.34. The second-order valence-corrected chi connectivity index (χ2v) is 5.09. The highest BCUT2D eigenvalue weighted by Gasteiger charge is 2.24. The molecule has 0 aromatic carbocycles. The zero-order valence-corrected chi connectivity index (χ0v) is 11.5. The van der Waals surface area contributed by atoms with Gasteiger partial charge in [0.25, 0.3) is 5.91 Å². The minimum absolute atomic E-state index is 0.00217. The number of hydrogen-bond donors (Lipinski definition) is 2. The van der Waals surface area contributed by atoms with E-state index in [1.807, 2.05) is 0 Å². The van der Waals surface area contributed by atoms with Crippen LogP contribution in [0.25, 0.3) is 0 Å². The van der Waals surface area contributed by atoms with Gasteiger partial charge in [-0.25, -0.2) is 0 Å². The number of carbonyl (C=O) groups excluding carboxylic acids is 1. The predicted molar refractivity (Wildman–Crippen MR) is 70.8 cm³/mol. The van der Waals surface area contributed by atoms with Crippen molar-refractivity contribution >= 4 is 35.1 Å². The molecule has 0 unspecified atom stereocenters. The van der Waals surface area contributed by atoms with Crippen molar-refractivity contribution in [1.82, 2.24) is 14.8 Å². The van der Waals surface area contributed by atoms with Gasteiger partial charge < -0.3 is 15.0 Å². The summed E-state index contributed by atoms with van der Waals surface area (Å²) in [5.74, 6) is -1.04. The second kappa shape index (κ2) is 5.81. The molecule has 1 aromatic rings. The minimum Gasteiger partial charge on any atom is -0.480 e. The fourth-order valence-corrected chi connectivity index (χ4v) is 2.30. The molecule has 1 saturated heterocycles. The molecule has 104 valence electrons. The van der Waals surface area contributed by atoms with Crippen LogP contribution in [-0.4, -0.2) is 64.5 Å². The molecule has 0 saturated carbocycles. The number of nitrogens with one attached hydrogen (secondary N) is 1. The van der Waals surface area contributed by atoms with Gasteiger partial charge in [-0.2, -0.15) is 0 Å². The fourth-order valence-electron chi connectivity index (χ4n) is 1.99. The van der Waals surface area contributed by atoms with Crippen LogP contribution in [0.3, 0.4) is 0 Å². The number of aliphatic carboxylic acids is 1. The molecule has 2 heterocycles. The number of amides is 1. The molecule has 6 nitrogen and oxygen atoms in total. The summed E-state index contributed by atoms with van der Waals surface area (Å²) >= 11 is 11.5. The molecule has 1 fully saturated rings. The number of rotatable bonds is 3. The van der Waals surface area contributed by atoms with Gasteiger partial charge >= 0.3 is 5.97 Å². The third-order valence-electron chi connectivity index (χ3n) is 2.97. The van der Waals surface area contributed by atoms with Crippen LogP contribution in [0.5, 0.6) is 0 Å². The summed E-state index contributed by atoms with van der Waals surface area (Å²) < 4.78 is 0. The van der Waals surface area contributed by atoms with Crippen LogP contribution < -0.4 is 0 Å². The summed E-state index contributed by atoms with van der Waals surface area (Å²) in [7, 11) is 0. The van der Waals surface area contributed by atoms with Crippen LogP contribution in [0.1, 0.15) is 10.5 Å². The van der Waals surface area contributed by atoms with Gasteiger partial charge in [-0.15, -0.1) is 0 Å². The molecule has 0 radical (unpaired) electrons. The molecule has 0 aliphatic carbocycles. The van der Waals surface area contributed by atoms with Crippen LogP contribution in [0.4, 0.5) is 0 Å². The van der Waals surface area contributed by atoms with E-state index in [-0.39, 0.29) is 17.6 Å². The predicted octanol–water partition coefficient (Wildman–Crippen LogP) is 1.16. The number of nitrogens with zero attached hydrogens (tertiary/aromatic N) is 2. The van der Waals surface area contributed by atoms with Crippen LogP contribution >= 0.6 is 23.2 Å². The van der Waals surface area contributed by atoms with Crippen LogP contribution in [0.15, 0.2) is 6.07 Å². The smallest absolute Gasteiger partial charge is 0.317 e. The Bertz CT molecular complexity index is 476. The van der Waals surface area contributed by atoms with Crippen molar-refractivity contribution in [2.75, 3.05) is 32.7 Å². The maximum Gasteiger partial charge on any atom is 0.317 e. The number of carboxylic acids is 1. The summed E-state index contributed by atoms with van der Waals surface area (Å²) in [5.41, 5.74) is 0.349. The molecule has 1 aromatic heterocycles. The average molecular weight is 306 g/mol. The summed E-state index contributed by atoms with van der Waals surface area (Å²) in [4.78, 5) is 28.9. The Labute approximate surface area is 119 Å². The topological polar surface area (TPSA) is 76.6 Å². The number of aromatic amines is 1. The van der Waals surface area contributed by atoms with Gasteiger partial charge in [-0.05, 0) is 6.07 Å². The molecular formula is C11H13Cl2N3O3. The molecule has 19 heavy (non-hydrogen) atoms. The van der Waals surface area contributed by atoms with E-state index in [1.165, 1.54) is 6.07 Å². The zero-order valence-electron chi connectivity index (χ0n) is 10.0. The van der Waals surface area contributed by atoms with Crippen molar-refractivity contribution in [3.8, 4) is 0 Å². The highest BCUT2D eigenvalue weighted by Crippen LogP contribution is 2.22. The van der Waals surface area contributed by atoms with Gasteiger partial charge in [-0.3, -0.25) is 14.5 Å². The first kappa shape index (κ1) is 14.2. The fraction of sp³-hybridized carbons (Fsp3) is 0.455. The van der Waals surface area contributed by atoms with Crippen molar-refractivity contribution in [3.63, 3.8) is 0 Å². The quantitative estimate of drug-likeness (QED) is 0.879. The van der Waals surface area contributed by atoms with Gasteiger partial charge in [0.1, 0.15) is 10.8 Å². The SMILES string of the molecule is O=C(O)CN1CCN(C(=O)c2cc(Cl)c(Cl)[nH]2)CC1. The molecule has 1 amide bonds. The van der Waals surface area contributed by atoms with E-state index in [0.29, 0.717) is 36.9 Å². The Morgan fingerprint density at radius 3 is 2.37 bits per heavy atom. The normalized spacial score (nSPS) is 16.6. The maximum atomic E-state index is 12.1. The molecule has 0 spiro atoms. The van der Waals surface area contributed by atoms with Crippen molar-refractivity contribution in [3.05, 3.63) is 21.9 Å². The van der Waals surface area contributed by atoms with Gasteiger partial charge in [0.05, 0.1) is 11.6 Å². The van der Waals surface area contributed by atoms with Gasteiger partial charge in [0.15, 0.2) is 0 Å². The number of piperazine rings is 1. The number of halogens is 2. The highest BCUT2D eigenvalue weighted by atomic mass is 35.5. The van der Waals surface area contributed by atoms with Gasteiger partial charge in [-0.1, -0.05) is 23.2 Å². The summed E-state index contributed by atoms with van der Waals surface area (Å²) in [5, 5.41) is 9.25. The van der Waals surface area contributed by atoms with Gasteiger partial charge in [0, 0.05) is 26.2 Å². The summed E-state index contributed by atoms with van der Waals surface area (Å²) in [6.45, 7) is 2.06. The lowest BCUT2D eigenvalue weighted by Gasteiger charge is -2.33. The lowest BCUT2D eigenvalue weighted by Crippen LogP contribution is -2.49. The molecule has 0 bridgehead atoms. The number of carbonyl (C=O) groups is 2. The lowest BCUT2D eigenvalue weighted by atomic mass is 10.3. The standard InChI is InChI=1S/C11H13Cl2N3O3/c12-7-5-8(14-10(7)13)11(19)16-3-1-15(2-4-16)6-9(17)18/h5,14H,1-4,6H2,(H,17,18). The second-order valence-electron chi connectivity index (χ2n) is 4.31. The van der Waals surface area contributed by atoms with Gasteiger partial charge in [0.2, 0.25) is 0 Å². The van der Waals surface area contributed by atoms with Crippen molar-refractivity contribution in [2.24, 2.45) is 0 Å². The molecule has 0 atom stereocenters. The average Bonchev–Trinajstić information content (AvgIpc) is 2.69. The third kappa shape index (κ3) is 3.40. The molecule has 8 heteroatoms. The van der Waals surface area contributed by atoms with E-state index in [1.54, 1.807) is 9.80 Å². The van der Waals surface area contributed by atoms with Crippen molar-refractivity contribution in [2.45, 2.75) is 0 Å². The first-order valence-corrected chi connectivity index (χ1v) is 6.50. The number of H-pyrrole nitrogens is 1. The van der Waals surface area contributed by atoms with E-state index >= 15 is 0 Å². The minimum atomic E-state index is -0.859. The van der Waals surface area contributed by atoms with Crippen LogP contribution in [-0.2, 0) is 4.79 Å². The Morgan fingerprint density at radius 1 is 1.26 bits per heavy atom. The summed E-state index contributed by atoms with van der Waals surface area (Å²) in [6, 6.07) is 1.50. The molecule has 1 aliphatic heterocycles. The highest BCUT2D eigenvalue weighted by molar-refractivity contribution is 6.41. The van der Waals surface area contributed by atoms with E-state index < -0.39 is 5.97 Å². The summed E-state index contributed by atoms with van der Waals surface area (Å²) in [6.07, 6.45) is 0. The van der Waals surface area contributed by atoms with E-state index in [9.17, 15) is 9.59 Å². The third-order valence-corrected chi connectivity index (χ3v) is 3.67. The number of hydrogen-bond acceptors (Lipinski definition) is 3. The Hall–Kier alpha value is -1.24. The van der Waals surface area contributed by atoms with E-state index in [2.05, 4.69) is 4.98 Å². The first-order valence-electron chi connectivity index (χ1n) is 5.75. The largest absolute Gasteiger partial charge is 0.480 e. The monoisotopic (exact) mass is 305 g/mol. The number of carboxylic acid groups (broad SMARTS) is 1. The number of aromatic nitrogens is 1. The van der Waals surface area contributed by atoms with E-state index in [0.717, 1.165) is 0 Å². The molecule has 2 N–H and O–H groups in total. The maximum absolute atomic E-state index is 12.1. The molecule has 1 aliphatic rings. The lowest BCUT2D eigenvalue weighted by molar-refractivity contribution is -0.138. The van der Waals surface area contributed by atoms with Crippen molar-refractivity contribution in [1.29, 1.82) is 0 Å². The molecular weight excluding hydrogens is 293 g/mol. The van der Waals surface area contributed by atoms with Crippen molar-refractivity contribution < 1.29 is 14.7 Å². The van der Waals surface area contributed by atoms with Crippen LogP contribution in [0, 0.1) is 0 Å². The Morgan fingerprint density at radius 2 is 1.89 bits per heavy atom. The zero-order chi connectivity index (χ0) is 14.0. The van der Waals surface area contributed by atoms with E-state index in [4.69, 9.17) is 28.3 Å². The Balaban J connectivity index is 1.94. The molecule has 2 rings (SSSR count).